The first-order valence-electron chi connectivity index (χ1n) is 3.65. The zero-order chi connectivity index (χ0) is 8.72. The highest BCUT2D eigenvalue weighted by Gasteiger charge is 2.25. The summed E-state index contributed by atoms with van der Waals surface area (Å²) in [6.45, 7) is 0. The number of nitrogens with zero attached hydrogens (tertiary/aromatic N) is 1. The number of rotatable bonds is 0. The van der Waals surface area contributed by atoms with Gasteiger partial charge >= 0.3 is 0 Å². The Labute approximate surface area is 70.6 Å². The van der Waals surface area contributed by atoms with Crippen molar-refractivity contribution < 1.29 is 11.0 Å². The largest absolute Gasteiger partial charge is 0.288 e. The van der Waals surface area contributed by atoms with Gasteiger partial charge in [-0.1, -0.05) is 12.1 Å². The fourth-order valence-corrected chi connectivity index (χ4v) is 1.05. The highest BCUT2D eigenvalue weighted by Crippen LogP contribution is 2.13. The Balaban J connectivity index is 0.000000845. The van der Waals surface area contributed by atoms with E-state index in [-0.39, 0.29) is 17.8 Å². The van der Waals surface area contributed by atoms with Gasteiger partial charge in [-0.2, -0.15) is 0 Å². The summed E-state index contributed by atoms with van der Waals surface area (Å²) in [5.74, 6) is -0.885. The van der Waals surface area contributed by atoms with Gasteiger partial charge in [-0.25, -0.2) is 0 Å². The molecule has 0 aromatic heterocycles. The third kappa shape index (κ3) is 0.981. The Morgan fingerprint density at radius 1 is 1.17 bits per heavy atom. The Hall–Kier alpha value is -1.68. The lowest BCUT2D eigenvalue weighted by Crippen LogP contribution is -2.19. The van der Waals surface area contributed by atoms with E-state index in [4.69, 9.17) is 1.37 Å². The fraction of sp³-hybridized carbons (Fsp3) is 0. The second-order valence-corrected chi connectivity index (χ2v) is 2.24. The van der Waals surface area contributed by atoms with Crippen molar-refractivity contribution in [3.8, 4) is 0 Å². The van der Waals surface area contributed by atoms with E-state index < -0.39 is 11.8 Å². The van der Waals surface area contributed by atoms with Crippen LogP contribution in [0.4, 0.5) is 0 Å². The molecule has 0 atom stereocenters. The fourth-order valence-electron chi connectivity index (χ4n) is 1.05. The Morgan fingerprint density at radius 2 is 1.83 bits per heavy atom. The van der Waals surface area contributed by atoms with Crippen LogP contribution in [0.1, 0.15) is 22.1 Å². The van der Waals surface area contributed by atoms with Crippen LogP contribution in [-0.2, 0) is 0 Å². The van der Waals surface area contributed by atoms with Crippen LogP contribution < -0.4 is 11.5 Å². The first-order valence-corrected chi connectivity index (χ1v) is 3.15. The van der Waals surface area contributed by atoms with E-state index in [0.717, 1.165) is 0 Å². The van der Waals surface area contributed by atoms with Crippen LogP contribution in [-0.4, -0.2) is 11.8 Å². The summed E-state index contributed by atoms with van der Waals surface area (Å²) in [5.41, 5.74) is 0.481. The third-order valence-electron chi connectivity index (χ3n) is 1.55. The van der Waals surface area contributed by atoms with Crippen LogP contribution >= 0.6 is 0 Å². The summed E-state index contributed by atoms with van der Waals surface area (Å²) in [7, 11) is 0. The van der Waals surface area contributed by atoms with Crippen LogP contribution in [0.25, 0.3) is 0 Å². The molecule has 2 amide bonds. The molecule has 12 heavy (non-hydrogen) atoms. The SMILES string of the molecule is [2H]c1cccc2c1C(=O)NC2=O.[N]. The molecular formula is C8H5N2O2. The van der Waals surface area contributed by atoms with Crippen LogP contribution in [0.2, 0.25) is 0 Å². The number of hydrogen-bond donors (Lipinski definition) is 1. The monoisotopic (exact) mass is 162 g/mol. The van der Waals surface area contributed by atoms with Crippen LogP contribution in [0.15, 0.2) is 24.2 Å². The van der Waals surface area contributed by atoms with Crippen molar-refractivity contribution in [2.24, 2.45) is 0 Å². The third-order valence-corrected chi connectivity index (χ3v) is 1.55. The molecule has 1 heterocycles. The van der Waals surface area contributed by atoms with Gasteiger partial charge in [0.1, 0.15) is 0 Å². The van der Waals surface area contributed by atoms with E-state index in [1.54, 1.807) is 6.07 Å². The van der Waals surface area contributed by atoms with E-state index in [1.807, 2.05) is 0 Å². The topological polar surface area (TPSA) is 76.7 Å². The Bertz CT molecular complexity index is 390. The molecule has 0 spiro atoms. The van der Waals surface area contributed by atoms with Gasteiger partial charge in [-0.05, 0) is 12.1 Å². The molecule has 4 nitrogen and oxygen atoms in total. The van der Waals surface area contributed by atoms with Crippen molar-refractivity contribution in [2.45, 2.75) is 0 Å². The van der Waals surface area contributed by atoms with E-state index >= 15 is 0 Å². The maximum Gasteiger partial charge on any atom is 0.258 e. The lowest BCUT2D eigenvalue weighted by atomic mass is 10.1. The number of hydrogen-bond acceptors (Lipinski definition) is 2. The maximum absolute atomic E-state index is 11.0. The van der Waals surface area contributed by atoms with Crippen molar-refractivity contribution in [3.63, 3.8) is 0 Å². The quantitative estimate of drug-likeness (QED) is 0.549. The molecule has 2 rings (SSSR count). The Morgan fingerprint density at radius 3 is 2.50 bits per heavy atom. The van der Waals surface area contributed by atoms with Gasteiger partial charge in [-0.15, -0.1) is 0 Å². The smallest absolute Gasteiger partial charge is 0.258 e. The second-order valence-electron chi connectivity index (χ2n) is 2.24. The molecule has 0 aliphatic carbocycles. The lowest BCUT2D eigenvalue weighted by molar-refractivity contribution is 0.0879. The molecule has 0 bridgehead atoms. The number of carbonyl (C=O) groups is 2. The van der Waals surface area contributed by atoms with Gasteiger partial charge < -0.3 is 0 Å². The minimum absolute atomic E-state index is 0. The Kier molecular flexibility index (Phi) is 1.60. The number of benzene rings is 1. The predicted molar refractivity (Wildman–Crippen MR) is 40.4 cm³/mol. The highest BCUT2D eigenvalue weighted by molar-refractivity contribution is 6.21. The molecule has 1 aromatic rings. The molecular weight excluding hydrogens is 156 g/mol. The molecule has 1 aliphatic heterocycles. The normalized spacial score (nSPS) is 14.5. The first kappa shape index (κ1) is 7.00. The number of fused-ring (bicyclic) bond motifs is 1. The van der Waals surface area contributed by atoms with Crippen molar-refractivity contribution in [1.82, 2.24) is 11.5 Å². The van der Waals surface area contributed by atoms with Gasteiger partial charge in [-0.3, -0.25) is 14.9 Å². The van der Waals surface area contributed by atoms with Crippen molar-refractivity contribution in [1.29, 1.82) is 0 Å². The van der Waals surface area contributed by atoms with E-state index in [0.29, 0.717) is 5.56 Å². The molecule has 1 N–H and O–H groups in total. The first-order chi connectivity index (χ1) is 5.70. The number of imide groups is 1. The summed E-state index contributed by atoms with van der Waals surface area (Å²) >= 11 is 0. The summed E-state index contributed by atoms with van der Waals surface area (Å²) in [6.07, 6.45) is 0. The van der Waals surface area contributed by atoms with Gasteiger partial charge in [0.2, 0.25) is 0 Å². The molecule has 4 heteroatoms. The minimum atomic E-state index is -0.472. The van der Waals surface area contributed by atoms with Crippen molar-refractivity contribution in [2.75, 3.05) is 0 Å². The molecule has 1 aliphatic rings. The van der Waals surface area contributed by atoms with Crippen molar-refractivity contribution in [3.05, 3.63) is 35.4 Å². The number of amides is 2. The van der Waals surface area contributed by atoms with E-state index in [1.165, 1.54) is 12.1 Å². The molecule has 59 valence electrons. The summed E-state index contributed by atoms with van der Waals surface area (Å²) in [5, 5.41) is 2.13. The molecule has 3 radical (unpaired) electrons. The van der Waals surface area contributed by atoms with E-state index in [9.17, 15) is 9.59 Å². The average Bonchev–Trinajstić information content (AvgIpc) is 2.29. The van der Waals surface area contributed by atoms with Gasteiger partial charge in [0.25, 0.3) is 11.8 Å². The molecule has 0 saturated carbocycles. The maximum atomic E-state index is 11.0. The van der Waals surface area contributed by atoms with Crippen LogP contribution in [0.5, 0.6) is 0 Å². The molecule has 0 fully saturated rings. The standard InChI is InChI=1S/C8H5NO2.N/c10-7-5-3-1-2-4-6(5)8(11)9-7;/h1-4H,(H,9,10,11);/i3D;. The summed E-state index contributed by atoms with van der Waals surface area (Å²) in [6, 6.07) is 4.69. The second kappa shape index (κ2) is 2.75. The summed E-state index contributed by atoms with van der Waals surface area (Å²) in [4.78, 5) is 22.1. The van der Waals surface area contributed by atoms with Crippen molar-refractivity contribution >= 4 is 11.8 Å². The molecule has 0 saturated heterocycles. The highest BCUT2D eigenvalue weighted by atomic mass is 16.2. The number of nitrogens with one attached hydrogen (secondary N) is 1. The zero-order valence-corrected chi connectivity index (χ0v) is 6.00. The summed E-state index contributed by atoms with van der Waals surface area (Å²) < 4.78 is 7.36. The number of carbonyl (C=O) groups excluding carboxylic acids is 2. The lowest BCUT2D eigenvalue weighted by Gasteiger charge is -1.88. The zero-order valence-electron chi connectivity index (χ0n) is 7.00. The van der Waals surface area contributed by atoms with Gasteiger partial charge in [0, 0.05) is 6.15 Å². The average molecular weight is 162 g/mol. The van der Waals surface area contributed by atoms with Gasteiger partial charge in [0.15, 0.2) is 0 Å². The molecule has 0 unspecified atom stereocenters. The van der Waals surface area contributed by atoms with Gasteiger partial charge in [0.05, 0.1) is 12.5 Å². The predicted octanol–water partition coefficient (Wildman–Crippen LogP) is 0.0896. The molecule has 1 aromatic carbocycles. The van der Waals surface area contributed by atoms with E-state index in [2.05, 4.69) is 5.32 Å². The van der Waals surface area contributed by atoms with Crippen LogP contribution in [0, 0.1) is 0 Å². The minimum Gasteiger partial charge on any atom is -0.288 e. The van der Waals surface area contributed by atoms with Crippen LogP contribution in [0.3, 0.4) is 0 Å².